The minimum absolute atomic E-state index is 0.591. The lowest BCUT2D eigenvalue weighted by Crippen LogP contribution is -2.24. The Kier molecular flexibility index (Phi) is 5.84. The fraction of sp³-hybridized carbons (Fsp3) is 0.706. The van der Waals surface area contributed by atoms with Crippen molar-refractivity contribution in [3.63, 3.8) is 0 Å². The van der Waals surface area contributed by atoms with Crippen LogP contribution < -0.4 is 5.32 Å². The second kappa shape index (κ2) is 7.63. The number of rotatable bonds is 7. The summed E-state index contributed by atoms with van der Waals surface area (Å²) in [5, 5.41) is 3.38. The maximum atomic E-state index is 4.57. The van der Waals surface area contributed by atoms with Gasteiger partial charge in [-0.2, -0.15) is 0 Å². The molecule has 112 valence electrons. The number of aromatic nitrogens is 1. The molecule has 0 aromatic carbocycles. The van der Waals surface area contributed by atoms with E-state index in [0.29, 0.717) is 12.0 Å². The van der Waals surface area contributed by atoms with Crippen LogP contribution in [0.15, 0.2) is 18.3 Å². The zero-order valence-corrected chi connectivity index (χ0v) is 13.2. The van der Waals surface area contributed by atoms with Gasteiger partial charge in [-0.25, -0.2) is 4.98 Å². The van der Waals surface area contributed by atoms with Gasteiger partial charge in [0.1, 0.15) is 5.82 Å². The Morgan fingerprint density at radius 1 is 1.40 bits per heavy atom. The Bertz CT molecular complexity index is 386. The summed E-state index contributed by atoms with van der Waals surface area (Å²) < 4.78 is 0. The summed E-state index contributed by atoms with van der Waals surface area (Å²) in [4.78, 5) is 7.20. The number of hydrogen-bond donors (Lipinski definition) is 1. The van der Waals surface area contributed by atoms with Crippen molar-refractivity contribution in [2.75, 3.05) is 25.0 Å². The number of likely N-dealkylation sites (tertiary alicyclic amines) is 1. The van der Waals surface area contributed by atoms with Crippen molar-refractivity contribution < 1.29 is 0 Å². The molecular formula is C17H29N3. The molecular weight excluding hydrogens is 246 g/mol. The van der Waals surface area contributed by atoms with Crippen molar-refractivity contribution in [1.29, 1.82) is 0 Å². The first-order valence-electron chi connectivity index (χ1n) is 8.14. The predicted octanol–water partition coefficient (Wildman–Crippen LogP) is 4.09. The molecule has 1 aliphatic rings. The Balaban J connectivity index is 1.94. The van der Waals surface area contributed by atoms with Gasteiger partial charge in [0.05, 0.1) is 0 Å². The summed E-state index contributed by atoms with van der Waals surface area (Å²) in [5.74, 6) is 1.65. The summed E-state index contributed by atoms with van der Waals surface area (Å²) in [6, 6.07) is 4.98. The normalized spacial score (nSPS) is 19.7. The average Bonchev–Trinajstić information content (AvgIpc) is 2.91. The second-order valence-corrected chi connectivity index (χ2v) is 6.30. The highest BCUT2D eigenvalue weighted by Gasteiger charge is 2.25. The molecule has 0 aliphatic carbocycles. The molecule has 1 aliphatic heterocycles. The molecule has 1 aromatic heterocycles. The van der Waals surface area contributed by atoms with Gasteiger partial charge in [0, 0.05) is 18.8 Å². The molecule has 3 heteroatoms. The van der Waals surface area contributed by atoms with Gasteiger partial charge in [-0.1, -0.05) is 33.3 Å². The summed E-state index contributed by atoms with van der Waals surface area (Å²) in [5.41, 5.74) is 1.38. The molecule has 0 saturated carbocycles. The number of nitrogens with zero attached hydrogens (tertiary/aromatic N) is 2. The summed E-state index contributed by atoms with van der Waals surface area (Å²) in [6.45, 7) is 10.2. The van der Waals surface area contributed by atoms with Crippen molar-refractivity contribution >= 4 is 5.82 Å². The molecule has 0 spiro atoms. The van der Waals surface area contributed by atoms with Gasteiger partial charge >= 0.3 is 0 Å². The monoisotopic (exact) mass is 275 g/mol. The molecule has 0 amide bonds. The quantitative estimate of drug-likeness (QED) is 0.812. The number of unbranched alkanes of at least 4 members (excludes halogenated alkanes) is 1. The SMILES string of the molecule is CCCCN1CCC[C@@H]1c1ccc(NCC(C)C)nc1. The molecule has 2 heterocycles. The minimum atomic E-state index is 0.591. The third kappa shape index (κ3) is 4.20. The first kappa shape index (κ1) is 15.3. The molecule has 1 fully saturated rings. The highest BCUT2D eigenvalue weighted by atomic mass is 15.2. The first-order valence-corrected chi connectivity index (χ1v) is 8.14. The van der Waals surface area contributed by atoms with Crippen molar-refractivity contribution in [3.05, 3.63) is 23.9 Å². The number of nitrogens with one attached hydrogen (secondary N) is 1. The minimum Gasteiger partial charge on any atom is -0.370 e. The molecule has 3 nitrogen and oxygen atoms in total. The maximum absolute atomic E-state index is 4.57. The third-order valence-corrected chi connectivity index (χ3v) is 4.03. The fourth-order valence-corrected chi connectivity index (χ4v) is 2.85. The van der Waals surface area contributed by atoms with Crippen LogP contribution in [-0.2, 0) is 0 Å². The predicted molar refractivity (Wildman–Crippen MR) is 86.0 cm³/mol. The van der Waals surface area contributed by atoms with Crippen LogP contribution in [0.3, 0.4) is 0 Å². The Morgan fingerprint density at radius 2 is 2.25 bits per heavy atom. The van der Waals surface area contributed by atoms with Gasteiger partial charge in [0.15, 0.2) is 0 Å². The fourth-order valence-electron chi connectivity index (χ4n) is 2.85. The Morgan fingerprint density at radius 3 is 2.90 bits per heavy atom. The van der Waals surface area contributed by atoms with Crippen LogP contribution in [0.25, 0.3) is 0 Å². The lowest BCUT2D eigenvalue weighted by Gasteiger charge is -2.24. The molecule has 0 unspecified atom stereocenters. The van der Waals surface area contributed by atoms with Gasteiger partial charge in [0.2, 0.25) is 0 Å². The van der Waals surface area contributed by atoms with E-state index in [4.69, 9.17) is 0 Å². The number of anilines is 1. The summed E-state index contributed by atoms with van der Waals surface area (Å²) >= 11 is 0. The number of pyridine rings is 1. The molecule has 20 heavy (non-hydrogen) atoms. The van der Waals surface area contributed by atoms with Crippen LogP contribution in [0.1, 0.15) is 58.1 Å². The van der Waals surface area contributed by atoms with E-state index in [1.54, 1.807) is 0 Å². The first-order chi connectivity index (χ1) is 9.70. The molecule has 1 saturated heterocycles. The van der Waals surface area contributed by atoms with Crippen molar-refractivity contribution in [2.45, 2.75) is 52.5 Å². The molecule has 0 radical (unpaired) electrons. The van der Waals surface area contributed by atoms with Gasteiger partial charge in [-0.3, -0.25) is 4.90 Å². The van der Waals surface area contributed by atoms with Crippen molar-refractivity contribution in [1.82, 2.24) is 9.88 Å². The summed E-state index contributed by atoms with van der Waals surface area (Å²) in [7, 11) is 0. The standard InChI is InChI=1S/C17H29N3/c1-4-5-10-20-11-6-7-16(20)15-8-9-17(19-13-15)18-12-14(2)3/h8-9,13-14,16H,4-7,10-12H2,1-3H3,(H,18,19)/t16-/m1/s1. The smallest absolute Gasteiger partial charge is 0.125 e. The zero-order valence-electron chi connectivity index (χ0n) is 13.2. The largest absolute Gasteiger partial charge is 0.370 e. The third-order valence-electron chi connectivity index (χ3n) is 4.03. The molecule has 1 aromatic rings. The van der Waals surface area contributed by atoms with E-state index in [9.17, 15) is 0 Å². The average molecular weight is 275 g/mol. The van der Waals surface area contributed by atoms with Crippen LogP contribution in [0.5, 0.6) is 0 Å². The molecule has 0 bridgehead atoms. The summed E-state index contributed by atoms with van der Waals surface area (Å²) in [6.07, 6.45) is 7.25. The topological polar surface area (TPSA) is 28.2 Å². The van der Waals surface area contributed by atoms with E-state index in [-0.39, 0.29) is 0 Å². The van der Waals surface area contributed by atoms with Crippen LogP contribution >= 0.6 is 0 Å². The van der Waals surface area contributed by atoms with E-state index < -0.39 is 0 Å². The highest BCUT2D eigenvalue weighted by Crippen LogP contribution is 2.31. The second-order valence-electron chi connectivity index (χ2n) is 6.30. The van der Waals surface area contributed by atoms with Gasteiger partial charge in [0.25, 0.3) is 0 Å². The Hall–Kier alpha value is -1.09. The van der Waals surface area contributed by atoms with E-state index in [2.05, 4.69) is 54.3 Å². The zero-order chi connectivity index (χ0) is 14.4. The number of hydrogen-bond acceptors (Lipinski definition) is 3. The van der Waals surface area contributed by atoms with Gasteiger partial charge in [-0.05, 0) is 49.9 Å². The van der Waals surface area contributed by atoms with E-state index in [1.165, 1.54) is 44.3 Å². The molecule has 1 atom stereocenters. The van der Waals surface area contributed by atoms with Gasteiger partial charge in [-0.15, -0.1) is 0 Å². The highest BCUT2D eigenvalue weighted by molar-refractivity contribution is 5.36. The maximum Gasteiger partial charge on any atom is 0.125 e. The van der Waals surface area contributed by atoms with Crippen LogP contribution in [-0.4, -0.2) is 29.5 Å². The van der Waals surface area contributed by atoms with Crippen LogP contribution in [0.4, 0.5) is 5.82 Å². The van der Waals surface area contributed by atoms with Crippen molar-refractivity contribution in [2.24, 2.45) is 5.92 Å². The van der Waals surface area contributed by atoms with E-state index >= 15 is 0 Å². The van der Waals surface area contributed by atoms with Gasteiger partial charge < -0.3 is 5.32 Å². The van der Waals surface area contributed by atoms with E-state index in [1.807, 2.05) is 0 Å². The van der Waals surface area contributed by atoms with E-state index in [0.717, 1.165) is 12.4 Å². The Labute approximate surface area is 123 Å². The lowest BCUT2D eigenvalue weighted by molar-refractivity contribution is 0.253. The van der Waals surface area contributed by atoms with Crippen LogP contribution in [0, 0.1) is 5.92 Å². The lowest BCUT2D eigenvalue weighted by atomic mass is 10.1. The van der Waals surface area contributed by atoms with Crippen LogP contribution in [0.2, 0.25) is 0 Å². The molecule has 2 rings (SSSR count). The van der Waals surface area contributed by atoms with Crippen molar-refractivity contribution in [3.8, 4) is 0 Å². The molecule has 1 N–H and O–H groups in total.